The Morgan fingerprint density at radius 1 is 1.06 bits per heavy atom. The van der Waals surface area contributed by atoms with E-state index in [-0.39, 0.29) is 17.2 Å². The van der Waals surface area contributed by atoms with E-state index >= 15 is 0 Å². The molecule has 0 bridgehead atoms. The van der Waals surface area contributed by atoms with Gasteiger partial charge in [0.05, 0.1) is 7.11 Å². The first-order chi connectivity index (χ1) is 15.7. The molecule has 33 heavy (non-hydrogen) atoms. The van der Waals surface area contributed by atoms with Gasteiger partial charge in [0, 0.05) is 19.5 Å². The molecular weight excluding hydrogens is 412 g/mol. The van der Waals surface area contributed by atoms with Crippen molar-refractivity contribution in [1.82, 2.24) is 10.2 Å². The number of ether oxygens (including phenoxy) is 1. The highest BCUT2D eigenvalue weighted by molar-refractivity contribution is 5.87. The molecule has 0 radical (unpaired) electrons. The molecule has 180 valence electrons. The number of nitrogens with zero attached hydrogens (tertiary/aromatic N) is 1. The van der Waals surface area contributed by atoms with Crippen LogP contribution in [0.4, 0.5) is 0 Å². The fraction of sp³-hybridized carbons (Fsp3) is 0.500. The van der Waals surface area contributed by atoms with Crippen LogP contribution in [0.15, 0.2) is 48.5 Å². The van der Waals surface area contributed by atoms with Gasteiger partial charge in [0.2, 0.25) is 11.8 Å². The Kier molecular flexibility index (Phi) is 9.95. The second-order valence-electron chi connectivity index (χ2n) is 9.64. The topological polar surface area (TPSA) is 58.6 Å². The van der Waals surface area contributed by atoms with Crippen molar-refractivity contribution in [2.24, 2.45) is 0 Å². The summed E-state index contributed by atoms with van der Waals surface area (Å²) in [5, 5.41) is 2.96. The maximum atomic E-state index is 13.3. The number of rotatable bonds is 11. The molecule has 0 fully saturated rings. The lowest BCUT2D eigenvalue weighted by Crippen LogP contribution is -2.47. The normalized spacial score (nSPS) is 12.2. The molecule has 2 amide bonds. The van der Waals surface area contributed by atoms with Gasteiger partial charge in [-0.3, -0.25) is 9.59 Å². The van der Waals surface area contributed by atoms with Crippen molar-refractivity contribution in [3.8, 4) is 5.75 Å². The molecule has 0 saturated carbocycles. The fourth-order valence-electron chi connectivity index (χ4n) is 3.65. The number of hydrogen-bond acceptors (Lipinski definition) is 3. The molecule has 1 unspecified atom stereocenters. The van der Waals surface area contributed by atoms with Gasteiger partial charge in [0.25, 0.3) is 0 Å². The Bertz CT molecular complexity index is 900. The van der Waals surface area contributed by atoms with Crippen molar-refractivity contribution in [2.45, 2.75) is 78.3 Å². The van der Waals surface area contributed by atoms with Crippen LogP contribution >= 0.6 is 0 Å². The lowest BCUT2D eigenvalue weighted by atomic mass is 9.86. The van der Waals surface area contributed by atoms with Crippen LogP contribution in [0.3, 0.4) is 0 Å². The van der Waals surface area contributed by atoms with Crippen LogP contribution in [0.5, 0.6) is 5.75 Å². The minimum Gasteiger partial charge on any atom is -0.497 e. The van der Waals surface area contributed by atoms with Crippen LogP contribution in [0.2, 0.25) is 0 Å². The van der Waals surface area contributed by atoms with Crippen molar-refractivity contribution in [2.75, 3.05) is 13.7 Å². The van der Waals surface area contributed by atoms with Gasteiger partial charge < -0.3 is 15.0 Å². The van der Waals surface area contributed by atoms with Gasteiger partial charge in [-0.05, 0) is 54.0 Å². The van der Waals surface area contributed by atoms with E-state index in [1.54, 1.807) is 18.9 Å². The van der Waals surface area contributed by atoms with E-state index < -0.39 is 6.04 Å². The average molecular weight is 453 g/mol. The summed E-state index contributed by atoms with van der Waals surface area (Å²) in [6.07, 6.45) is 2.93. The predicted molar refractivity (Wildman–Crippen MR) is 134 cm³/mol. The Balaban J connectivity index is 2.13. The van der Waals surface area contributed by atoms with E-state index in [1.165, 1.54) is 5.56 Å². The Labute approximate surface area is 199 Å². The number of carbonyl (C=O) groups excluding carboxylic acids is 2. The standard InChI is InChI=1S/C28H40N2O3/c1-7-8-18-29-27(32)21(2)30(20-23-10-9-11-25(19-23)33-6)26(31)17-14-22-12-15-24(16-13-22)28(3,4)5/h9-13,15-16,19,21H,7-8,14,17-18,20H2,1-6H3,(H,29,32). The number of benzene rings is 2. The summed E-state index contributed by atoms with van der Waals surface area (Å²) in [7, 11) is 1.62. The average Bonchev–Trinajstić information content (AvgIpc) is 2.80. The minimum atomic E-state index is -0.552. The van der Waals surface area contributed by atoms with E-state index in [0.29, 0.717) is 25.9 Å². The van der Waals surface area contributed by atoms with Crippen LogP contribution in [0.25, 0.3) is 0 Å². The predicted octanol–water partition coefficient (Wildman–Crippen LogP) is 5.26. The van der Waals surface area contributed by atoms with Crippen LogP contribution in [-0.2, 0) is 28.0 Å². The largest absolute Gasteiger partial charge is 0.497 e. The van der Waals surface area contributed by atoms with Gasteiger partial charge in [-0.25, -0.2) is 0 Å². The first-order valence-corrected chi connectivity index (χ1v) is 11.9. The van der Waals surface area contributed by atoms with Gasteiger partial charge in [-0.1, -0.05) is 70.5 Å². The van der Waals surface area contributed by atoms with Gasteiger partial charge in [-0.2, -0.15) is 0 Å². The summed E-state index contributed by atoms with van der Waals surface area (Å²) in [6, 6.07) is 15.6. The van der Waals surface area contributed by atoms with Crippen LogP contribution in [0.1, 0.15) is 70.6 Å². The molecule has 0 saturated heterocycles. The number of amides is 2. The highest BCUT2D eigenvalue weighted by Crippen LogP contribution is 2.23. The van der Waals surface area contributed by atoms with E-state index in [9.17, 15) is 9.59 Å². The van der Waals surface area contributed by atoms with E-state index in [4.69, 9.17) is 4.74 Å². The van der Waals surface area contributed by atoms with Crippen molar-refractivity contribution in [1.29, 1.82) is 0 Å². The van der Waals surface area contributed by atoms with Gasteiger partial charge in [0.15, 0.2) is 0 Å². The van der Waals surface area contributed by atoms with Crippen LogP contribution < -0.4 is 10.1 Å². The zero-order valence-corrected chi connectivity index (χ0v) is 21.1. The summed E-state index contributed by atoms with van der Waals surface area (Å²) >= 11 is 0. The summed E-state index contributed by atoms with van der Waals surface area (Å²) in [4.78, 5) is 27.7. The SMILES string of the molecule is CCCCNC(=O)C(C)N(Cc1cccc(OC)c1)C(=O)CCc1ccc(C(C)(C)C)cc1. The van der Waals surface area contributed by atoms with Crippen molar-refractivity contribution >= 4 is 11.8 Å². The second kappa shape index (κ2) is 12.4. The molecule has 0 spiro atoms. The molecule has 2 aromatic rings. The zero-order chi connectivity index (χ0) is 24.4. The second-order valence-corrected chi connectivity index (χ2v) is 9.64. The van der Waals surface area contributed by atoms with Crippen LogP contribution in [-0.4, -0.2) is 36.4 Å². The lowest BCUT2D eigenvalue weighted by molar-refractivity contribution is -0.140. The third-order valence-electron chi connectivity index (χ3n) is 5.93. The minimum absolute atomic E-state index is 0.0316. The first kappa shape index (κ1) is 26.4. The monoisotopic (exact) mass is 452 g/mol. The summed E-state index contributed by atoms with van der Waals surface area (Å²) in [6.45, 7) is 11.4. The molecule has 0 aromatic heterocycles. The first-order valence-electron chi connectivity index (χ1n) is 11.9. The van der Waals surface area contributed by atoms with Crippen molar-refractivity contribution in [3.63, 3.8) is 0 Å². The fourth-order valence-corrected chi connectivity index (χ4v) is 3.65. The number of aryl methyl sites for hydroxylation is 1. The summed E-state index contributed by atoms with van der Waals surface area (Å²) in [5.74, 6) is 0.587. The molecule has 0 aliphatic rings. The smallest absolute Gasteiger partial charge is 0.242 e. The number of carbonyl (C=O) groups is 2. The lowest BCUT2D eigenvalue weighted by Gasteiger charge is -2.29. The maximum Gasteiger partial charge on any atom is 0.242 e. The third kappa shape index (κ3) is 8.23. The molecule has 5 heteroatoms. The third-order valence-corrected chi connectivity index (χ3v) is 5.93. The van der Waals surface area contributed by atoms with Gasteiger partial charge >= 0.3 is 0 Å². The molecule has 5 nitrogen and oxygen atoms in total. The Morgan fingerprint density at radius 2 is 1.76 bits per heavy atom. The molecular formula is C28H40N2O3. The van der Waals surface area contributed by atoms with E-state index in [2.05, 4.69) is 57.3 Å². The maximum absolute atomic E-state index is 13.3. The van der Waals surface area contributed by atoms with Crippen molar-refractivity contribution < 1.29 is 14.3 Å². The molecule has 2 rings (SSSR count). The van der Waals surface area contributed by atoms with Gasteiger partial charge in [-0.15, -0.1) is 0 Å². The highest BCUT2D eigenvalue weighted by Gasteiger charge is 2.26. The number of hydrogen-bond donors (Lipinski definition) is 1. The molecule has 2 aromatic carbocycles. The zero-order valence-electron chi connectivity index (χ0n) is 21.1. The summed E-state index contributed by atoms with van der Waals surface area (Å²) in [5.41, 5.74) is 3.43. The Hall–Kier alpha value is -2.82. The number of nitrogens with one attached hydrogen (secondary N) is 1. The van der Waals surface area contributed by atoms with Crippen LogP contribution in [0, 0.1) is 0 Å². The van der Waals surface area contributed by atoms with Gasteiger partial charge in [0.1, 0.15) is 11.8 Å². The van der Waals surface area contributed by atoms with E-state index in [1.807, 2.05) is 24.3 Å². The quantitative estimate of drug-likeness (QED) is 0.473. The Morgan fingerprint density at radius 3 is 2.36 bits per heavy atom. The number of methoxy groups -OCH3 is 1. The molecule has 1 N–H and O–H groups in total. The molecule has 0 aliphatic heterocycles. The van der Waals surface area contributed by atoms with E-state index in [0.717, 1.165) is 29.7 Å². The molecule has 0 heterocycles. The number of unbranched alkanes of at least 4 members (excludes halogenated alkanes) is 1. The highest BCUT2D eigenvalue weighted by atomic mass is 16.5. The summed E-state index contributed by atoms with van der Waals surface area (Å²) < 4.78 is 5.33. The van der Waals surface area contributed by atoms with Crippen molar-refractivity contribution in [3.05, 3.63) is 65.2 Å². The molecule has 1 atom stereocenters. The molecule has 0 aliphatic carbocycles.